The van der Waals surface area contributed by atoms with Gasteiger partial charge in [0, 0.05) is 12.7 Å². The number of carbonyl (C=O) groups excluding carboxylic acids is 1. The average molecular weight is 1030 g/mol. The molecule has 0 aliphatic carbocycles. The number of unbranched alkanes of at least 4 members (excludes halogenated alkanes) is 9. The zero-order chi connectivity index (χ0) is 51.0. The highest BCUT2D eigenvalue weighted by Crippen LogP contribution is 2.10. The van der Waals surface area contributed by atoms with Gasteiger partial charge in [0.1, 0.15) is 6.61 Å². The number of rotatable bonds is 66. The quantitative estimate of drug-likeness (QED) is 0.0452. The number of ether oxygens (including phenoxy) is 19. The van der Waals surface area contributed by atoms with Crippen molar-refractivity contribution in [3.8, 4) is 0 Å². The van der Waals surface area contributed by atoms with E-state index >= 15 is 0 Å². The first-order valence-electron chi connectivity index (χ1n) is 26.5. The molecule has 0 N–H and O–H groups in total. The molecule has 0 aromatic carbocycles. The average Bonchev–Trinajstić information content (AvgIpc) is 3.38. The van der Waals surface area contributed by atoms with E-state index < -0.39 is 5.97 Å². The Balaban J connectivity index is 3.08. The van der Waals surface area contributed by atoms with Gasteiger partial charge in [-0.05, 0) is 6.42 Å². The molecule has 20 nitrogen and oxygen atoms in total. The van der Waals surface area contributed by atoms with Crippen LogP contribution in [0.5, 0.6) is 0 Å². The fraction of sp³-hybridized carbons (Fsp3) is 0.941. The van der Waals surface area contributed by atoms with E-state index in [0.717, 1.165) is 19.1 Å². The second-order valence-electron chi connectivity index (χ2n) is 15.6. The van der Waals surface area contributed by atoms with Gasteiger partial charge in [-0.15, -0.1) is 0 Å². The summed E-state index contributed by atoms with van der Waals surface area (Å²) in [4.78, 5) is 10.9. The van der Waals surface area contributed by atoms with Gasteiger partial charge in [0.15, 0.2) is 0 Å². The van der Waals surface area contributed by atoms with Crippen LogP contribution >= 0.6 is 0 Å². The van der Waals surface area contributed by atoms with Crippen molar-refractivity contribution >= 4 is 5.97 Å². The molecule has 0 saturated carbocycles. The molecule has 0 atom stereocenters. The minimum atomic E-state index is -0.462. The fourth-order valence-electron chi connectivity index (χ4n) is 5.79. The van der Waals surface area contributed by atoms with Crippen LogP contribution in [0.15, 0.2) is 12.7 Å². The van der Waals surface area contributed by atoms with Gasteiger partial charge < -0.3 is 90.0 Å². The molecule has 0 amide bonds. The van der Waals surface area contributed by atoms with E-state index in [1.807, 2.05) is 0 Å². The summed E-state index contributed by atoms with van der Waals surface area (Å²) in [5.74, 6) is -0.462. The lowest BCUT2D eigenvalue weighted by molar-refractivity contribution is -0.139. The summed E-state index contributed by atoms with van der Waals surface area (Å²) in [5, 5.41) is 0. The van der Waals surface area contributed by atoms with Crippen molar-refractivity contribution in [2.45, 2.75) is 71.1 Å². The molecular formula is C51H100O20. The van der Waals surface area contributed by atoms with Crippen LogP contribution in [0.4, 0.5) is 0 Å². The minimum Gasteiger partial charge on any atom is -0.460 e. The maximum absolute atomic E-state index is 10.9. The van der Waals surface area contributed by atoms with Crippen LogP contribution in [0.25, 0.3) is 0 Å². The molecule has 0 rings (SSSR count). The van der Waals surface area contributed by atoms with Crippen LogP contribution in [0.2, 0.25) is 0 Å². The van der Waals surface area contributed by atoms with Gasteiger partial charge in [0.2, 0.25) is 0 Å². The predicted molar refractivity (Wildman–Crippen MR) is 268 cm³/mol. The molecule has 0 fully saturated rings. The molecule has 0 radical (unpaired) electrons. The van der Waals surface area contributed by atoms with Crippen molar-refractivity contribution in [1.29, 1.82) is 0 Å². The van der Waals surface area contributed by atoms with Gasteiger partial charge in [0.05, 0.1) is 231 Å². The molecule has 0 spiro atoms. The zero-order valence-electron chi connectivity index (χ0n) is 44.2. The van der Waals surface area contributed by atoms with E-state index in [1.54, 1.807) is 0 Å². The standard InChI is InChI=1S/C51H100O20/c1-3-5-6-7-8-9-10-11-12-13-14-53-15-16-54-17-18-55-19-20-56-21-22-57-23-24-58-25-26-59-27-28-60-29-30-61-31-32-62-33-34-63-35-36-64-37-38-65-39-40-66-41-42-67-43-44-68-45-46-69-47-48-70-49-50-71-51(52)4-2/h4H,2-3,5-50H2,1H3. The SMILES string of the molecule is C=CC(=O)OCCOCCOCCOCCOCCOCCOCCOCCOCCOCCOCCOCCOCCOCCOCCOCCOCCOCCOCCCCCCCCCCCC. The summed E-state index contributed by atoms with van der Waals surface area (Å²) in [5.41, 5.74) is 0. The number of esters is 1. The Morgan fingerprint density at radius 1 is 0.239 bits per heavy atom. The molecule has 0 aliphatic heterocycles. The lowest BCUT2D eigenvalue weighted by Gasteiger charge is -2.09. The van der Waals surface area contributed by atoms with E-state index in [-0.39, 0.29) is 6.61 Å². The van der Waals surface area contributed by atoms with Crippen LogP contribution < -0.4 is 0 Å². The highest BCUT2D eigenvalue weighted by Gasteiger charge is 2.00. The molecule has 0 unspecified atom stereocenters. The summed E-state index contributed by atoms with van der Waals surface area (Å²) in [6.07, 6.45) is 14.5. The normalized spacial score (nSPS) is 11.6. The van der Waals surface area contributed by atoms with Crippen molar-refractivity contribution in [2.75, 3.05) is 244 Å². The van der Waals surface area contributed by atoms with Gasteiger partial charge in [-0.3, -0.25) is 0 Å². The predicted octanol–water partition coefficient (Wildman–Crippen LogP) is 4.94. The number of hydrogen-bond acceptors (Lipinski definition) is 20. The number of hydrogen-bond donors (Lipinski definition) is 0. The summed E-state index contributed by atoms with van der Waals surface area (Å²) in [6, 6.07) is 0. The monoisotopic (exact) mass is 1030 g/mol. The Hall–Kier alpha value is -1.51. The fourth-order valence-corrected chi connectivity index (χ4v) is 5.79. The molecule has 0 aromatic heterocycles. The molecule has 424 valence electrons. The molecule has 0 heterocycles. The van der Waals surface area contributed by atoms with Crippen LogP contribution in [0, 0.1) is 0 Å². The molecule has 0 aliphatic rings. The molecule has 0 aromatic rings. The Kier molecular flexibility index (Phi) is 65.1. The molecular weight excluding hydrogens is 933 g/mol. The third-order valence-corrected chi connectivity index (χ3v) is 9.61. The van der Waals surface area contributed by atoms with Crippen molar-refractivity contribution in [1.82, 2.24) is 0 Å². The van der Waals surface area contributed by atoms with E-state index in [9.17, 15) is 4.79 Å². The molecule has 0 bridgehead atoms. The van der Waals surface area contributed by atoms with Crippen LogP contribution in [-0.2, 0) is 94.8 Å². The van der Waals surface area contributed by atoms with Crippen LogP contribution in [-0.4, -0.2) is 250 Å². The Labute approximate surface area is 428 Å². The van der Waals surface area contributed by atoms with E-state index in [0.29, 0.717) is 231 Å². The third kappa shape index (κ3) is 66.5. The Morgan fingerprint density at radius 3 is 0.577 bits per heavy atom. The summed E-state index contributed by atoms with van der Waals surface area (Å²) < 4.78 is 104. The van der Waals surface area contributed by atoms with Crippen molar-refractivity contribution < 1.29 is 94.8 Å². The van der Waals surface area contributed by atoms with Crippen molar-refractivity contribution in [3.05, 3.63) is 12.7 Å². The molecule has 0 saturated heterocycles. The van der Waals surface area contributed by atoms with Crippen LogP contribution in [0.3, 0.4) is 0 Å². The highest BCUT2D eigenvalue weighted by atomic mass is 16.6. The van der Waals surface area contributed by atoms with Gasteiger partial charge >= 0.3 is 5.97 Å². The van der Waals surface area contributed by atoms with Crippen molar-refractivity contribution in [2.24, 2.45) is 0 Å². The van der Waals surface area contributed by atoms with E-state index in [1.165, 1.54) is 57.8 Å². The van der Waals surface area contributed by atoms with E-state index in [4.69, 9.17) is 90.0 Å². The minimum absolute atomic E-state index is 0.193. The second kappa shape index (κ2) is 66.5. The number of carbonyl (C=O) groups is 1. The lowest BCUT2D eigenvalue weighted by Crippen LogP contribution is -2.16. The first-order chi connectivity index (χ1) is 35.3. The van der Waals surface area contributed by atoms with Gasteiger partial charge in [-0.2, -0.15) is 0 Å². The third-order valence-electron chi connectivity index (χ3n) is 9.61. The van der Waals surface area contributed by atoms with Gasteiger partial charge in [0.25, 0.3) is 0 Å². The molecule has 20 heteroatoms. The van der Waals surface area contributed by atoms with Gasteiger partial charge in [-0.1, -0.05) is 71.3 Å². The molecule has 71 heavy (non-hydrogen) atoms. The first-order valence-corrected chi connectivity index (χ1v) is 26.5. The first kappa shape index (κ1) is 69.5. The van der Waals surface area contributed by atoms with Crippen molar-refractivity contribution in [3.63, 3.8) is 0 Å². The maximum atomic E-state index is 10.9. The van der Waals surface area contributed by atoms with E-state index in [2.05, 4.69) is 13.5 Å². The highest BCUT2D eigenvalue weighted by molar-refractivity contribution is 5.81. The summed E-state index contributed by atoms with van der Waals surface area (Å²) in [6.45, 7) is 23.9. The van der Waals surface area contributed by atoms with Crippen LogP contribution in [0.1, 0.15) is 71.1 Å². The Bertz CT molecular complexity index is 989. The smallest absolute Gasteiger partial charge is 0.330 e. The summed E-state index contributed by atoms with van der Waals surface area (Å²) >= 11 is 0. The maximum Gasteiger partial charge on any atom is 0.330 e. The lowest BCUT2D eigenvalue weighted by atomic mass is 10.1. The Morgan fingerprint density at radius 2 is 0.394 bits per heavy atom. The summed E-state index contributed by atoms with van der Waals surface area (Å²) in [7, 11) is 0. The second-order valence-corrected chi connectivity index (χ2v) is 15.6. The topological polar surface area (TPSA) is 192 Å². The van der Waals surface area contributed by atoms with Gasteiger partial charge in [-0.25, -0.2) is 4.79 Å². The largest absolute Gasteiger partial charge is 0.460 e. The zero-order valence-corrected chi connectivity index (χ0v) is 44.2.